The van der Waals surface area contributed by atoms with E-state index in [-0.39, 0.29) is 23.9 Å². The zero-order valence-electron chi connectivity index (χ0n) is 16.4. The number of fused-ring (bicyclic) bond motifs is 1. The van der Waals surface area contributed by atoms with Gasteiger partial charge in [0.15, 0.2) is 5.65 Å². The fraction of sp³-hybridized carbons (Fsp3) is 0.381. The monoisotopic (exact) mass is 395 g/mol. The van der Waals surface area contributed by atoms with Crippen molar-refractivity contribution in [3.05, 3.63) is 53.1 Å². The molecule has 3 aromatic rings. The van der Waals surface area contributed by atoms with Crippen LogP contribution in [0.25, 0.3) is 5.65 Å². The number of hydrogen-bond acceptors (Lipinski definition) is 5. The summed E-state index contributed by atoms with van der Waals surface area (Å²) in [6.45, 7) is 5.02. The number of benzene rings is 1. The zero-order chi connectivity index (χ0) is 20.1. The van der Waals surface area contributed by atoms with Gasteiger partial charge < -0.3 is 15.0 Å². The van der Waals surface area contributed by atoms with Crippen LogP contribution in [-0.4, -0.2) is 39.7 Å². The number of nitrogens with one attached hydrogen (secondary N) is 1. The molecule has 0 aliphatic carbocycles. The molecule has 4 heterocycles. The second kappa shape index (κ2) is 6.72. The summed E-state index contributed by atoms with van der Waals surface area (Å²) < 4.78 is 21.9. The SMILES string of the molecule is C[C@@H]1c2cc(F)ccc2O[C@@H](C)CNC(=O)c2cnn3cc4c(nc23)N1CCC4. The van der Waals surface area contributed by atoms with Crippen molar-refractivity contribution in [3.63, 3.8) is 0 Å². The highest BCUT2D eigenvalue weighted by atomic mass is 19.1. The van der Waals surface area contributed by atoms with Gasteiger partial charge in [-0.3, -0.25) is 4.79 Å². The molecular formula is C21H22FN5O2. The number of carbonyl (C=O) groups excluding carboxylic acids is 1. The molecule has 150 valence electrons. The minimum Gasteiger partial charge on any atom is -0.489 e. The zero-order valence-corrected chi connectivity index (χ0v) is 16.4. The Kier molecular flexibility index (Phi) is 4.15. The van der Waals surface area contributed by atoms with Gasteiger partial charge in [-0.25, -0.2) is 13.9 Å². The average molecular weight is 395 g/mol. The van der Waals surface area contributed by atoms with Crippen molar-refractivity contribution in [1.29, 1.82) is 0 Å². The lowest BCUT2D eigenvalue weighted by Gasteiger charge is -2.36. The number of anilines is 1. The van der Waals surface area contributed by atoms with E-state index in [9.17, 15) is 9.18 Å². The third-order valence-electron chi connectivity index (χ3n) is 5.68. The molecule has 2 aromatic heterocycles. The van der Waals surface area contributed by atoms with Crippen LogP contribution in [-0.2, 0) is 6.42 Å². The van der Waals surface area contributed by atoms with Crippen LogP contribution in [0.3, 0.4) is 0 Å². The van der Waals surface area contributed by atoms with Crippen LogP contribution in [0.15, 0.2) is 30.6 Å². The molecule has 1 N–H and O–H groups in total. The first-order valence-corrected chi connectivity index (χ1v) is 9.89. The Hall–Kier alpha value is -3.16. The highest BCUT2D eigenvalue weighted by Crippen LogP contribution is 2.37. The topological polar surface area (TPSA) is 71.8 Å². The summed E-state index contributed by atoms with van der Waals surface area (Å²) in [6, 6.07) is 4.45. The highest BCUT2D eigenvalue weighted by Gasteiger charge is 2.29. The third-order valence-corrected chi connectivity index (χ3v) is 5.68. The van der Waals surface area contributed by atoms with Crippen molar-refractivity contribution in [2.24, 2.45) is 0 Å². The second-order valence-electron chi connectivity index (χ2n) is 7.71. The van der Waals surface area contributed by atoms with Crippen LogP contribution in [0.4, 0.5) is 10.2 Å². The molecule has 2 bridgehead atoms. The van der Waals surface area contributed by atoms with E-state index in [0.717, 1.165) is 36.3 Å². The molecule has 0 saturated heterocycles. The Labute approximate surface area is 167 Å². The summed E-state index contributed by atoms with van der Waals surface area (Å²) in [4.78, 5) is 19.7. The van der Waals surface area contributed by atoms with E-state index in [2.05, 4.69) is 15.3 Å². The summed E-state index contributed by atoms with van der Waals surface area (Å²) in [5.41, 5.74) is 2.78. The number of aryl methyl sites for hydroxylation is 1. The fourth-order valence-electron chi connectivity index (χ4n) is 4.16. The predicted molar refractivity (Wildman–Crippen MR) is 106 cm³/mol. The van der Waals surface area contributed by atoms with Crippen molar-refractivity contribution < 1.29 is 13.9 Å². The summed E-state index contributed by atoms with van der Waals surface area (Å²) in [7, 11) is 0. The van der Waals surface area contributed by atoms with Gasteiger partial charge in [0.05, 0.1) is 18.8 Å². The van der Waals surface area contributed by atoms with Gasteiger partial charge in [-0.2, -0.15) is 5.10 Å². The first-order chi connectivity index (χ1) is 14.0. The van der Waals surface area contributed by atoms with Crippen LogP contribution >= 0.6 is 0 Å². The number of carbonyl (C=O) groups is 1. The van der Waals surface area contributed by atoms with Crippen molar-refractivity contribution in [2.45, 2.75) is 38.8 Å². The molecule has 2 aliphatic heterocycles. The molecule has 0 fully saturated rings. The van der Waals surface area contributed by atoms with Gasteiger partial charge in [-0.15, -0.1) is 0 Å². The van der Waals surface area contributed by atoms with Crippen LogP contribution < -0.4 is 15.0 Å². The number of nitrogens with zero attached hydrogens (tertiary/aromatic N) is 4. The summed E-state index contributed by atoms with van der Waals surface area (Å²) >= 11 is 0. The number of aromatic nitrogens is 3. The second-order valence-corrected chi connectivity index (χ2v) is 7.71. The van der Waals surface area contributed by atoms with Gasteiger partial charge in [0.1, 0.15) is 29.1 Å². The summed E-state index contributed by atoms with van der Waals surface area (Å²) in [5.74, 6) is 0.893. The van der Waals surface area contributed by atoms with Gasteiger partial charge in [0, 0.05) is 23.9 Å². The van der Waals surface area contributed by atoms with E-state index in [1.807, 2.05) is 20.0 Å². The number of halogens is 1. The lowest BCUT2D eigenvalue weighted by Crippen LogP contribution is -2.34. The normalized spacial score (nSPS) is 21.6. The third kappa shape index (κ3) is 2.99. The maximum atomic E-state index is 14.1. The molecule has 2 aliphatic rings. The quantitative estimate of drug-likeness (QED) is 0.634. The molecular weight excluding hydrogens is 373 g/mol. The Balaban J connectivity index is 1.72. The number of rotatable bonds is 0. The fourth-order valence-corrected chi connectivity index (χ4v) is 4.16. The molecule has 29 heavy (non-hydrogen) atoms. The van der Waals surface area contributed by atoms with Gasteiger partial charge in [-0.05, 0) is 44.9 Å². The highest BCUT2D eigenvalue weighted by molar-refractivity contribution is 5.99. The Morgan fingerprint density at radius 3 is 3.03 bits per heavy atom. The largest absolute Gasteiger partial charge is 0.489 e. The molecule has 2 atom stereocenters. The van der Waals surface area contributed by atoms with E-state index in [1.54, 1.807) is 16.8 Å². The molecule has 0 saturated carbocycles. The standard InChI is InChI=1S/C21H22FN5O2/c1-12-9-23-21(28)17-10-24-27-11-14-4-3-7-26(19(14)25-20(17)27)13(2)16-8-15(22)5-6-18(16)29-12/h5-6,8,10-13H,3-4,7,9H2,1-2H3,(H,23,28)/t12-,13+/m0/s1. The predicted octanol–water partition coefficient (Wildman–Crippen LogP) is 2.89. The minimum absolute atomic E-state index is 0.141. The number of amides is 1. The maximum Gasteiger partial charge on any atom is 0.256 e. The van der Waals surface area contributed by atoms with E-state index in [4.69, 9.17) is 9.72 Å². The van der Waals surface area contributed by atoms with Crippen molar-refractivity contribution in [3.8, 4) is 5.75 Å². The molecule has 8 heteroatoms. The van der Waals surface area contributed by atoms with Gasteiger partial charge >= 0.3 is 0 Å². The Morgan fingerprint density at radius 1 is 1.31 bits per heavy atom. The minimum atomic E-state index is -0.303. The van der Waals surface area contributed by atoms with Gasteiger partial charge in [0.25, 0.3) is 5.91 Å². The maximum absolute atomic E-state index is 14.1. The van der Waals surface area contributed by atoms with E-state index < -0.39 is 0 Å². The smallest absolute Gasteiger partial charge is 0.256 e. The molecule has 1 amide bonds. The average Bonchev–Trinajstić information content (AvgIpc) is 3.13. The Bertz CT molecular complexity index is 1110. The molecule has 7 nitrogen and oxygen atoms in total. The summed E-state index contributed by atoms with van der Waals surface area (Å²) in [5, 5.41) is 7.21. The first kappa shape index (κ1) is 17.9. The number of ether oxygens (including phenoxy) is 1. The molecule has 0 spiro atoms. The number of hydrogen-bond donors (Lipinski definition) is 1. The van der Waals surface area contributed by atoms with Crippen LogP contribution in [0, 0.1) is 5.82 Å². The van der Waals surface area contributed by atoms with Crippen molar-refractivity contribution >= 4 is 17.4 Å². The van der Waals surface area contributed by atoms with Crippen LogP contribution in [0.2, 0.25) is 0 Å². The molecule has 0 unspecified atom stereocenters. The Morgan fingerprint density at radius 2 is 2.17 bits per heavy atom. The molecule has 0 radical (unpaired) electrons. The van der Waals surface area contributed by atoms with Crippen molar-refractivity contribution in [2.75, 3.05) is 18.0 Å². The molecule has 1 aromatic carbocycles. The lowest BCUT2D eigenvalue weighted by molar-refractivity contribution is 0.0933. The van der Waals surface area contributed by atoms with Crippen LogP contribution in [0.1, 0.15) is 47.8 Å². The van der Waals surface area contributed by atoms with Gasteiger partial charge in [0.2, 0.25) is 0 Å². The lowest BCUT2D eigenvalue weighted by atomic mass is 10.0. The van der Waals surface area contributed by atoms with E-state index in [0.29, 0.717) is 23.5 Å². The van der Waals surface area contributed by atoms with Crippen molar-refractivity contribution in [1.82, 2.24) is 19.9 Å². The van der Waals surface area contributed by atoms with Gasteiger partial charge in [-0.1, -0.05) is 0 Å². The van der Waals surface area contributed by atoms with E-state index >= 15 is 0 Å². The molecule has 5 rings (SSSR count). The summed E-state index contributed by atoms with van der Waals surface area (Å²) in [6.07, 6.45) is 5.05. The van der Waals surface area contributed by atoms with E-state index in [1.165, 1.54) is 12.1 Å². The first-order valence-electron chi connectivity index (χ1n) is 9.89. The van der Waals surface area contributed by atoms with Crippen LogP contribution in [0.5, 0.6) is 5.75 Å².